The van der Waals surface area contributed by atoms with Crippen LogP contribution in [0.5, 0.6) is 5.75 Å². The zero-order valence-corrected chi connectivity index (χ0v) is 26.7. The van der Waals surface area contributed by atoms with E-state index in [1.807, 2.05) is 24.3 Å². The highest BCUT2D eigenvalue weighted by Gasteiger charge is 2.48. The number of nitrogens with zero attached hydrogens (tertiary/aromatic N) is 3. The number of thioether (sulfide) groups is 1. The van der Waals surface area contributed by atoms with Crippen molar-refractivity contribution < 1.29 is 23.8 Å². The molecule has 1 aliphatic rings. The maximum absolute atomic E-state index is 13.6. The molecule has 2 heterocycles. The molecule has 44 heavy (non-hydrogen) atoms. The molecule has 0 radical (unpaired) electrons. The zero-order chi connectivity index (χ0) is 31.4. The fourth-order valence-corrected chi connectivity index (χ4v) is 6.62. The summed E-state index contributed by atoms with van der Waals surface area (Å²) in [5.41, 5.74) is 2.94. The van der Waals surface area contributed by atoms with Crippen LogP contribution in [-0.2, 0) is 20.8 Å². The lowest BCUT2D eigenvalue weighted by Crippen LogP contribution is -2.29. The number of unbranched alkanes of at least 4 members (excludes halogenated alkanes) is 1. The first kappa shape index (κ1) is 31.4. The molecule has 1 atom stereocenters. The van der Waals surface area contributed by atoms with Crippen LogP contribution >= 0.6 is 23.1 Å². The van der Waals surface area contributed by atoms with E-state index in [-0.39, 0.29) is 27.7 Å². The lowest BCUT2D eigenvalue weighted by atomic mass is 9.85. The standard InChI is InChI=1S/C34H34FN3O4S2/c1-5-6-19-42-26-17-11-23(12-18-26)29(39)27-28(22-9-13-24(14-10-22)34(2,3)4)38(31(41)30(27)40)32-36-37-33(44-32)43-20-21-7-15-25(35)16-8-21/h7-18,28,39H,5-6,19-20H2,1-4H3/b29-27-. The van der Waals surface area contributed by atoms with E-state index in [4.69, 9.17) is 4.74 Å². The van der Waals surface area contributed by atoms with Crippen molar-refractivity contribution in [3.8, 4) is 5.75 Å². The second-order valence-corrected chi connectivity index (χ2v) is 13.7. The molecule has 1 fully saturated rings. The molecule has 0 bridgehead atoms. The van der Waals surface area contributed by atoms with Crippen LogP contribution in [0, 0.1) is 5.82 Å². The van der Waals surface area contributed by atoms with Gasteiger partial charge in [0, 0.05) is 11.3 Å². The molecule has 1 aromatic heterocycles. The average Bonchev–Trinajstić information content (AvgIpc) is 3.58. The minimum Gasteiger partial charge on any atom is -0.507 e. The van der Waals surface area contributed by atoms with Gasteiger partial charge in [0.2, 0.25) is 5.13 Å². The van der Waals surface area contributed by atoms with Crippen molar-refractivity contribution in [3.05, 3.63) is 106 Å². The molecule has 1 unspecified atom stereocenters. The van der Waals surface area contributed by atoms with Gasteiger partial charge in [-0.15, -0.1) is 10.2 Å². The van der Waals surface area contributed by atoms with Gasteiger partial charge < -0.3 is 9.84 Å². The number of aliphatic hydroxyl groups is 1. The highest BCUT2D eigenvalue weighted by molar-refractivity contribution is 8.00. The molecular formula is C34H34FN3O4S2. The summed E-state index contributed by atoms with van der Waals surface area (Å²) in [6, 6.07) is 19.8. The zero-order valence-electron chi connectivity index (χ0n) is 25.0. The molecule has 0 spiro atoms. The minimum atomic E-state index is -0.910. The molecular weight excluding hydrogens is 598 g/mol. The fraction of sp³-hybridized carbons (Fsp3) is 0.294. The quantitative estimate of drug-likeness (QED) is 0.0473. The van der Waals surface area contributed by atoms with E-state index in [1.54, 1.807) is 36.4 Å². The number of hydrogen-bond acceptors (Lipinski definition) is 8. The molecule has 1 N–H and O–H groups in total. The first-order valence-corrected chi connectivity index (χ1v) is 16.2. The highest BCUT2D eigenvalue weighted by Crippen LogP contribution is 2.44. The van der Waals surface area contributed by atoms with Crippen molar-refractivity contribution in [2.45, 2.75) is 62.1 Å². The number of rotatable bonds is 10. The number of ketones is 1. The highest BCUT2D eigenvalue weighted by atomic mass is 32.2. The first-order valence-electron chi connectivity index (χ1n) is 14.4. The first-order chi connectivity index (χ1) is 21.1. The summed E-state index contributed by atoms with van der Waals surface area (Å²) in [7, 11) is 0. The second kappa shape index (κ2) is 13.3. The van der Waals surface area contributed by atoms with Gasteiger partial charge in [-0.25, -0.2) is 4.39 Å². The second-order valence-electron chi connectivity index (χ2n) is 11.5. The van der Waals surface area contributed by atoms with Crippen molar-refractivity contribution in [2.24, 2.45) is 0 Å². The Balaban J connectivity index is 1.51. The molecule has 4 aromatic rings. The number of carbonyl (C=O) groups excluding carboxylic acids is 2. The van der Waals surface area contributed by atoms with E-state index in [0.717, 1.165) is 24.0 Å². The third kappa shape index (κ3) is 6.87. The maximum Gasteiger partial charge on any atom is 0.301 e. The lowest BCUT2D eigenvalue weighted by molar-refractivity contribution is -0.132. The predicted molar refractivity (Wildman–Crippen MR) is 173 cm³/mol. The van der Waals surface area contributed by atoms with Gasteiger partial charge in [-0.3, -0.25) is 14.5 Å². The number of aromatic nitrogens is 2. The third-order valence-corrected chi connectivity index (χ3v) is 9.44. The molecule has 3 aromatic carbocycles. The van der Waals surface area contributed by atoms with Gasteiger partial charge in [0.25, 0.3) is 5.78 Å². The molecule has 10 heteroatoms. The molecule has 1 amide bonds. The Hall–Kier alpha value is -4.02. The van der Waals surface area contributed by atoms with E-state index in [9.17, 15) is 19.1 Å². The number of halogens is 1. The van der Waals surface area contributed by atoms with Gasteiger partial charge in [-0.1, -0.05) is 93.6 Å². The van der Waals surface area contributed by atoms with Crippen LogP contribution in [0.2, 0.25) is 0 Å². The van der Waals surface area contributed by atoms with Crippen molar-refractivity contribution >= 4 is 45.7 Å². The lowest BCUT2D eigenvalue weighted by Gasteiger charge is -2.24. The molecule has 1 saturated heterocycles. The number of carbonyl (C=O) groups is 2. The molecule has 5 rings (SSSR count). The van der Waals surface area contributed by atoms with E-state index >= 15 is 0 Å². The van der Waals surface area contributed by atoms with Crippen LogP contribution < -0.4 is 9.64 Å². The summed E-state index contributed by atoms with van der Waals surface area (Å²) in [4.78, 5) is 28.5. The fourth-order valence-electron chi connectivity index (χ4n) is 4.79. The van der Waals surface area contributed by atoms with E-state index in [0.29, 0.717) is 33.6 Å². The molecule has 7 nitrogen and oxygen atoms in total. The Morgan fingerprint density at radius 1 is 1.00 bits per heavy atom. The smallest absolute Gasteiger partial charge is 0.301 e. The number of hydrogen-bond donors (Lipinski definition) is 1. The topological polar surface area (TPSA) is 92.6 Å². The minimum absolute atomic E-state index is 0.0196. The van der Waals surface area contributed by atoms with Crippen LogP contribution in [0.25, 0.3) is 5.76 Å². The molecule has 228 valence electrons. The van der Waals surface area contributed by atoms with Crippen molar-refractivity contribution in [2.75, 3.05) is 11.5 Å². The van der Waals surface area contributed by atoms with Crippen molar-refractivity contribution in [1.82, 2.24) is 10.2 Å². The number of aliphatic hydroxyl groups excluding tert-OH is 1. The number of benzene rings is 3. The van der Waals surface area contributed by atoms with Crippen LogP contribution in [0.15, 0.2) is 82.7 Å². The third-order valence-electron chi connectivity index (χ3n) is 7.31. The van der Waals surface area contributed by atoms with Crippen LogP contribution in [-0.4, -0.2) is 33.6 Å². The number of Topliss-reactive ketones (excluding diaryl/α,β-unsaturated/α-hetero) is 1. The maximum atomic E-state index is 13.6. The Bertz CT molecular complexity index is 1660. The molecule has 0 aliphatic carbocycles. The SMILES string of the molecule is CCCCOc1ccc(/C(O)=C2/C(=O)C(=O)N(c3nnc(SCc4ccc(F)cc4)s3)C2c2ccc(C(C)(C)C)cc2)cc1. The van der Waals surface area contributed by atoms with Gasteiger partial charge in [0.15, 0.2) is 4.34 Å². The number of amides is 1. The Morgan fingerprint density at radius 2 is 1.68 bits per heavy atom. The summed E-state index contributed by atoms with van der Waals surface area (Å²) in [5.74, 6) is -0.980. The van der Waals surface area contributed by atoms with Gasteiger partial charge >= 0.3 is 5.91 Å². The van der Waals surface area contributed by atoms with E-state index < -0.39 is 17.7 Å². The monoisotopic (exact) mass is 631 g/mol. The Kier molecular flexibility index (Phi) is 9.51. The van der Waals surface area contributed by atoms with Crippen LogP contribution in [0.3, 0.4) is 0 Å². The number of ether oxygens (including phenoxy) is 1. The summed E-state index contributed by atoms with van der Waals surface area (Å²) in [6.45, 7) is 8.99. The largest absolute Gasteiger partial charge is 0.507 e. The normalized spacial score (nSPS) is 16.5. The van der Waals surface area contributed by atoms with Gasteiger partial charge in [0.1, 0.15) is 17.3 Å². The van der Waals surface area contributed by atoms with E-state index in [2.05, 4.69) is 37.9 Å². The predicted octanol–water partition coefficient (Wildman–Crippen LogP) is 8.07. The van der Waals surface area contributed by atoms with Gasteiger partial charge in [-0.2, -0.15) is 0 Å². The van der Waals surface area contributed by atoms with Gasteiger partial charge in [-0.05, 0) is 64.9 Å². The summed E-state index contributed by atoms with van der Waals surface area (Å²) in [5, 5.41) is 20.3. The van der Waals surface area contributed by atoms with Crippen molar-refractivity contribution in [3.63, 3.8) is 0 Å². The molecule has 0 saturated carbocycles. The summed E-state index contributed by atoms with van der Waals surface area (Å²) >= 11 is 2.59. The number of anilines is 1. The Labute approximate surface area is 264 Å². The summed E-state index contributed by atoms with van der Waals surface area (Å²) in [6.07, 6.45) is 1.94. The molecule has 1 aliphatic heterocycles. The summed E-state index contributed by atoms with van der Waals surface area (Å²) < 4.78 is 19.6. The Morgan fingerprint density at radius 3 is 2.32 bits per heavy atom. The van der Waals surface area contributed by atoms with E-state index in [1.165, 1.54) is 40.1 Å². The van der Waals surface area contributed by atoms with Gasteiger partial charge in [0.05, 0.1) is 18.2 Å². The van der Waals surface area contributed by atoms with Crippen LogP contribution in [0.4, 0.5) is 9.52 Å². The average molecular weight is 632 g/mol. The van der Waals surface area contributed by atoms with Crippen molar-refractivity contribution in [1.29, 1.82) is 0 Å². The van der Waals surface area contributed by atoms with Crippen LogP contribution in [0.1, 0.15) is 68.8 Å².